The SMILES string of the molecule is COCc1noc(N2CCC([C@H]3C[C@H]3COCc3ccc(C(=O)N(C)C)cc3F)CC2)n1. The fraction of sp³-hybridized carbons (Fsp3) is 0.609. The van der Waals surface area contributed by atoms with Crippen LogP contribution in [0.5, 0.6) is 0 Å². The lowest BCUT2D eigenvalue weighted by Crippen LogP contribution is -2.34. The molecular formula is C23H31FN4O4. The number of nitrogens with zero attached hydrogens (tertiary/aromatic N) is 4. The van der Waals surface area contributed by atoms with Crippen LogP contribution in [-0.4, -0.2) is 61.8 Å². The van der Waals surface area contributed by atoms with E-state index >= 15 is 0 Å². The van der Waals surface area contributed by atoms with Crippen LogP contribution in [-0.2, 0) is 22.7 Å². The predicted octanol–water partition coefficient (Wildman–Crippen LogP) is 3.13. The van der Waals surface area contributed by atoms with Gasteiger partial charge in [0.1, 0.15) is 12.4 Å². The molecule has 0 N–H and O–H groups in total. The monoisotopic (exact) mass is 446 g/mol. The Hall–Kier alpha value is -2.52. The van der Waals surface area contributed by atoms with Crippen molar-refractivity contribution in [2.75, 3.05) is 45.8 Å². The summed E-state index contributed by atoms with van der Waals surface area (Å²) in [5.74, 6) is 1.85. The number of piperidine rings is 1. The number of amides is 1. The number of halogens is 1. The second-order valence-electron chi connectivity index (χ2n) is 8.93. The van der Waals surface area contributed by atoms with Crippen molar-refractivity contribution < 1.29 is 23.2 Å². The molecule has 2 fully saturated rings. The van der Waals surface area contributed by atoms with Crippen LogP contribution >= 0.6 is 0 Å². The Morgan fingerprint density at radius 3 is 2.75 bits per heavy atom. The quantitative estimate of drug-likeness (QED) is 0.585. The van der Waals surface area contributed by atoms with Gasteiger partial charge in [0.05, 0.1) is 13.2 Å². The summed E-state index contributed by atoms with van der Waals surface area (Å²) >= 11 is 0. The van der Waals surface area contributed by atoms with Crippen molar-refractivity contribution in [2.24, 2.45) is 17.8 Å². The highest BCUT2D eigenvalue weighted by Crippen LogP contribution is 2.48. The zero-order valence-electron chi connectivity index (χ0n) is 18.9. The number of anilines is 1. The molecule has 1 aromatic heterocycles. The van der Waals surface area contributed by atoms with E-state index in [0.717, 1.165) is 25.9 Å². The highest BCUT2D eigenvalue weighted by molar-refractivity contribution is 5.93. The van der Waals surface area contributed by atoms with Gasteiger partial charge in [0.15, 0.2) is 5.82 Å². The standard InChI is InChI=1S/C23H31FN4O4/c1-27(2)22(29)16-4-5-17(20(24)11-16)12-31-13-18-10-19(18)15-6-8-28(9-7-15)23-25-21(14-30-3)26-32-23/h4-5,11,15,18-19H,6-10,12-14H2,1-3H3/t18-,19+/m0/s1. The number of hydrogen-bond acceptors (Lipinski definition) is 7. The van der Waals surface area contributed by atoms with Gasteiger partial charge in [-0.15, -0.1) is 0 Å². The van der Waals surface area contributed by atoms with Crippen molar-refractivity contribution in [1.29, 1.82) is 0 Å². The third kappa shape index (κ3) is 5.27. The van der Waals surface area contributed by atoms with Gasteiger partial charge in [-0.05, 0) is 49.1 Å². The van der Waals surface area contributed by atoms with E-state index in [1.54, 1.807) is 33.3 Å². The summed E-state index contributed by atoms with van der Waals surface area (Å²) in [6, 6.07) is 5.16. The molecule has 0 unspecified atom stereocenters. The van der Waals surface area contributed by atoms with Gasteiger partial charge < -0.3 is 23.8 Å². The molecule has 1 aliphatic carbocycles. The van der Waals surface area contributed by atoms with Crippen molar-refractivity contribution in [3.63, 3.8) is 0 Å². The molecule has 174 valence electrons. The maximum Gasteiger partial charge on any atom is 0.324 e. The summed E-state index contributed by atoms with van der Waals surface area (Å²) in [7, 11) is 4.91. The van der Waals surface area contributed by atoms with Gasteiger partial charge in [-0.1, -0.05) is 11.2 Å². The molecule has 32 heavy (non-hydrogen) atoms. The van der Waals surface area contributed by atoms with Gasteiger partial charge in [-0.3, -0.25) is 4.79 Å². The van der Waals surface area contributed by atoms with Crippen LogP contribution in [0.3, 0.4) is 0 Å². The van der Waals surface area contributed by atoms with Crippen LogP contribution in [0.15, 0.2) is 22.7 Å². The van der Waals surface area contributed by atoms with Crippen LogP contribution in [0.25, 0.3) is 0 Å². The summed E-state index contributed by atoms with van der Waals surface area (Å²) in [6.45, 7) is 3.04. The highest BCUT2D eigenvalue weighted by atomic mass is 19.1. The summed E-state index contributed by atoms with van der Waals surface area (Å²) < 4.78 is 30.5. The molecule has 2 aromatic rings. The van der Waals surface area contributed by atoms with E-state index < -0.39 is 5.82 Å². The molecule has 1 amide bonds. The molecule has 0 spiro atoms. The molecule has 2 atom stereocenters. The minimum Gasteiger partial charge on any atom is -0.377 e. The van der Waals surface area contributed by atoms with Gasteiger partial charge in [0, 0.05) is 45.4 Å². The average Bonchev–Trinajstić information content (AvgIpc) is 3.41. The van der Waals surface area contributed by atoms with Gasteiger partial charge in [-0.2, -0.15) is 4.98 Å². The minimum absolute atomic E-state index is 0.210. The number of benzene rings is 1. The van der Waals surface area contributed by atoms with Crippen molar-refractivity contribution >= 4 is 11.9 Å². The molecule has 1 saturated heterocycles. The van der Waals surface area contributed by atoms with Gasteiger partial charge in [0.2, 0.25) is 0 Å². The zero-order chi connectivity index (χ0) is 22.7. The first-order chi connectivity index (χ1) is 15.5. The number of rotatable bonds is 9. The Labute approximate surface area is 187 Å². The van der Waals surface area contributed by atoms with Crippen molar-refractivity contribution in [3.05, 3.63) is 41.0 Å². The molecule has 0 radical (unpaired) electrons. The molecule has 4 rings (SSSR count). The third-order valence-corrected chi connectivity index (χ3v) is 6.42. The minimum atomic E-state index is -0.396. The van der Waals surface area contributed by atoms with E-state index in [-0.39, 0.29) is 12.5 Å². The summed E-state index contributed by atoms with van der Waals surface area (Å²) in [6.07, 6.45) is 3.36. The second kappa shape index (κ2) is 9.95. The highest BCUT2D eigenvalue weighted by Gasteiger charge is 2.43. The maximum atomic E-state index is 14.3. The molecule has 1 aromatic carbocycles. The molecular weight excluding hydrogens is 415 g/mol. The Morgan fingerprint density at radius 2 is 2.06 bits per heavy atom. The summed E-state index contributed by atoms with van der Waals surface area (Å²) in [5, 5.41) is 3.93. The first-order valence-corrected chi connectivity index (χ1v) is 11.1. The lowest BCUT2D eigenvalue weighted by molar-refractivity contribution is 0.0826. The lowest BCUT2D eigenvalue weighted by atomic mass is 9.91. The number of ether oxygens (including phenoxy) is 2. The van der Waals surface area contributed by atoms with Gasteiger partial charge in [0.25, 0.3) is 5.91 Å². The smallest absolute Gasteiger partial charge is 0.324 e. The molecule has 0 bridgehead atoms. The predicted molar refractivity (Wildman–Crippen MR) is 116 cm³/mol. The first-order valence-electron chi connectivity index (χ1n) is 11.1. The summed E-state index contributed by atoms with van der Waals surface area (Å²) in [5.41, 5.74) is 0.832. The molecule has 9 heteroatoms. The van der Waals surface area contributed by atoms with E-state index in [4.69, 9.17) is 14.0 Å². The number of carbonyl (C=O) groups is 1. The molecule has 1 saturated carbocycles. The first kappa shape index (κ1) is 22.7. The number of carbonyl (C=O) groups excluding carboxylic acids is 1. The van der Waals surface area contributed by atoms with E-state index in [1.807, 2.05) is 0 Å². The maximum absolute atomic E-state index is 14.3. The van der Waals surface area contributed by atoms with Crippen molar-refractivity contribution in [1.82, 2.24) is 15.0 Å². The Bertz CT molecular complexity index is 926. The number of hydrogen-bond donors (Lipinski definition) is 0. The van der Waals surface area contributed by atoms with E-state index in [9.17, 15) is 9.18 Å². The number of aromatic nitrogens is 2. The van der Waals surface area contributed by atoms with Crippen LogP contribution in [0, 0.1) is 23.6 Å². The Kier molecular flexibility index (Phi) is 7.05. The van der Waals surface area contributed by atoms with Crippen LogP contribution in [0.4, 0.5) is 10.4 Å². The zero-order valence-corrected chi connectivity index (χ0v) is 18.9. The lowest BCUT2D eigenvalue weighted by Gasteiger charge is -2.30. The molecule has 2 heterocycles. The molecule has 8 nitrogen and oxygen atoms in total. The number of methoxy groups -OCH3 is 1. The molecule has 2 aliphatic rings. The van der Waals surface area contributed by atoms with Gasteiger partial charge >= 0.3 is 6.01 Å². The van der Waals surface area contributed by atoms with E-state index in [2.05, 4.69) is 15.0 Å². The second-order valence-corrected chi connectivity index (χ2v) is 8.93. The van der Waals surface area contributed by atoms with E-state index in [0.29, 0.717) is 53.9 Å². The Balaban J connectivity index is 1.18. The fourth-order valence-corrected chi connectivity index (χ4v) is 4.50. The van der Waals surface area contributed by atoms with Crippen LogP contribution < -0.4 is 4.90 Å². The van der Waals surface area contributed by atoms with Crippen LogP contribution in [0.2, 0.25) is 0 Å². The molecule has 1 aliphatic heterocycles. The van der Waals surface area contributed by atoms with E-state index in [1.165, 1.54) is 17.4 Å². The van der Waals surface area contributed by atoms with Gasteiger partial charge in [-0.25, -0.2) is 4.39 Å². The Morgan fingerprint density at radius 1 is 1.28 bits per heavy atom. The van der Waals surface area contributed by atoms with Crippen molar-refractivity contribution in [3.8, 4) is 0 Å². The largest absolute Gasteiger partial charge is 0.377 e. The summed E-state index contributed by atoms with van der Waals surface area (Å²) in [4.78, 5) is 19.9. The topological polar surface area (TPSA) is 80.9 Å². The fourth-order valence-electron chi connectivity index (χ4n) is 4.50. The normalized spacial score (nSPS) is 21.1. The van der Waals surface area contributed by atoms with Crippen molar-refractivity contribution in [2.45, 2.75) is 32.5 Å². The van der Waals surface area contributed by atoms with Crippen LogP contribution in [0.1, 0.15) is 41.0 Å². The average molecular weight is 447 g/mol. The third-order valence-electron chi connectivity index (χ3n) is 6.42.